The minimum atomic E-state index is -1.37. The summed E-state index contributed by atoms with van der Waals surface area (Å²) in [7, 11) is 0. The van der Waals surface area contributed by atoms with Crippen LogP contribution in [0.25, 0.3) is 0 Å². The molecule has 0 bridgehead atoms. The first-order valence-corrected chi connectivity index (χ1v) is 12.7. The molecule has 1 saturated heterocycles. The lowest BCUT2D eigenvalue weighted by Crippen LogP contribution is -2.71. The highest BCUT2D eigenvalue weighted by Crippen LogP contribution is 2.41. The van der Waals surface area contributed by atoms with Gasteiger partial charge in [0, 0.05) is 35.6 Å². The summed E-state index contributed by atoms with van der Waals surface area (Å²) in [6.45, 7) is 6.10. The smallest absolute Gasteiger partial charge is 0.355 e. The van der Waals surface area contributed by atoms with Gasteiger partial charge in [0.1, 0.15) is 42.1 Å². The van der Waals surface area contributed by atoms with Crippen LogP contribution in [-0.2, 0) is 46.4 Å². The highest BCUT2D eigenvalue weighted by atomic mass is 32.2. The number of esters is 2. The van der Waals surface area contributed by atoms with Gasteiger partial charge in [-0.3, -0.25) is 23.9 Å². The number of ether oxygens (including phenoxy) is 2. The zero-order valence-corrected chi connectivity index (χ0v) is 20.6. The molecule has 0 saturated carbocycles. The van der Waals surface area contributed by atoms with Gasteiger partial charge in [0.15, 0.2) is 0 Å². The van der Waals surface area contributed by atoms with Gasteiger partial charge in [0.05, 0.1) is 6.20 Å². The van der Waals surface area contributed by atoms with Crippen LogP contribution < -0.4 is 5.32 Å². The Kier molecular flexibility index (Phi) is 7.44. The number of fused-ring (bicyclic) bond motifs is 1. The topological polar surface area (TPSA) is 143 Å². The van der Waals surface area contributed by atoms with Gasteiger partial charge in [0.25, 0.3) is 5.91 Å². The van der Waals surface area contributed by atoms with Gasteiger partial charge in [-0.25, -0.2) is 4.79 Å². The number of aromatic nitrogens is 2. The van der Waals surface area contributed by atoms with E-state index < -0.39 is 51.9 Å². The number of rotatable bonds is 7. The number of hydrogen-bond acceptors (Lipinski definition) is 9. The molecule has 13 heteroatoms. The highest BCUT2D eigenvalue weighted by molar-refractivity contribution is 8.00. The highest BCUT2D eigenvalue weighted by Gasteiger charge is 2.54. The standard InChI is InChI=1S/C20H26N4O7S2/c1-11(25)30-9-12-10-32-17-14(16(27)24(17)15(12)18(28)31-20(2,3)4)22-13(26)8-23-7-6-21-19(23)33(5)29/h6-7,14,17H,8-10H2,1-5H3,(H,22,26). The third kappa shape index (κ3) is 5.71. The van der Waals surface area contributed by atoms with Crippen molar-refractivity contribution in [1.82, 2.24) is 19.8 Å². The van der Waals surface area contributed by atoms with Gasteiger partial charge in [0.2, 0.25) is 5.91 Å². The van der Waals surface area contributed by atoms with E-state index >= 15 is 0 Å². The molecule has 1 N–H and O–H groups in total. The van der Waals surface area contributed by atoms with Crippen molar-refractivity contribution in [3.8, 4) is 0 Å². The van der Waals surface area contributed by atoms with Crippen LogP contribution in [0.3, 0.4) is 0 Å². The summed E-state index contributed by atoms with van der Waals surface area (Å²) in [5, 5.41) is 2.43. The number of carbonyl (C=O) groups is 4. The number of hydrogen-bond donors (Lipinski definition) is 1. The van der Waals surface area contributed by atoms with Gasteiger partial charge in [-0.05, 0) is 20.8 Å². The number of nitrogens with one attached hydrogen (secondary N) is 1. The second kappa shape index (κ2) is 9.77. The largest absolute Gasteiger partial charge is 0.609 e. The van der Waals surface area contributed by atoms with Gasteiger partial charge < -0.3 is 19.3 Å². The predicted octanol–water partition coefficient (Wildman–Crippen LogP) is 0.179. The van der Waals surface area contributed by atoms with Gasteiger partial charge in [-0.2, -0.15) is 4.98 Å². The van der Waals surface area contributed by atoms with Crippen molar-refractivity contribution >= 4 is 46.7 Å². The lowest BCUT2D eigenvalue weighted by molar-refractivity contribution is -0.159. The maximum atomic E-state index is 13.0. The fraction of sp³-hybridized carbons (Fsp3) is 0.550. The van der Waals surface area contributed by atoms with Gasteiger partial charge in [-0.1, -0.05) is 0 Å². The summed E-state index contributed by atoms with van der Waals surface area (Å²) in [6.07, 6.45) is 4.44. The summed E-state index contributed by atoms with van der Waals surface area (Å²) < 4.78 is 23.7. The summed E-state index contributed by atoms with van der Waals surface area (Å²) >= 11 is -0.0215. The van der Waals surface area contributed by atoms with E-state index in [9.17, 15) is 23.7 Å². The van der Waals surface area contributed by atoms with Crippen molar-refractivity contribution in [2.24, 2.45) is 0 Å². The minimum Gasteiger partial charge on any atom is -0.609 e. The molecule has 3 atom stereocenters. The van der Waals surface area contributed by atoms with Crippen molar-refractivity contribution in [3.63, 3.8) is 0 Å². The molecular weight excluding hydrogens is 472 g/mol. The van der Waals surface area contributed by atoms with Crippen molar-refractivity contribution in [1.29, 1.82) is 0 Å². The molecule has 0 spiro atoms. The summed E-state index contributed by atoms with van der Waals surface area (Å²) in [5.74, 6) is -1.80. The molecular formula is C20H26N4O7S2. The van der Waals surface area contributed by atoms with E-state index in [1.54, 1.807) is 20.8 Å². The first-order chi connectivity index (χ1) is 15.4. The SMILES string of the molecule is CC(=O)OCC1=C(C(=O)OC(C)(C)C)N2C(=O)C(NC(=O)Cn3ccnc3[S+](C)[O-])C2SC1. The van der Waals surface area contributed by atoms with Crippen molar-refractivity contribution in [3.05, 3.63) is 23.7 Å². The van der Waals surface area contributed by atoms with Crippen LogP contribution in [0.15, 0.2) is 28.8 Å². The Morgan fingerprint density at radius 3 is 2.67 bits per heavy atom. The van der Waals surface area contributed by atoms with E-state index in [0.717, 1.165) is 0 Å². The van der Waals surface area contributed by atoms with E-state index in [4.69, 9.17) is 9.47 Å². The average Bonchev–Trinajstić information content (AvgIpc) is 3.16. The van der Waals surface area contributed by atoms with E-state index in [0.29, 0.717) is 11.3 Å². The second-order valence-electron chi connectivity index (χ2n) is 8.48. The molecule has 2 amide bonds. The fourth-order valence-electron chi connectivity index (χ4n) is 3.35. The van der Waals surface area contributed by atoms with Crippen LogP contribution in [0.4, 0.5) is 0 Å². The monoisotopic (exact) mass is 498 g/mol. The summed E-state index contributed by atoms with van der Waals surface area (Å²) in [5.41, 5.74) is -0.281. The Labute approximate surface area is 198 Å². The Balaban J connectivity index is 1.75. The average molecular weight is 499 g/mol. The van der Waals surface area contributed by atoms with Crippen LogP contribution in [0, 0.1) is 0 Å². The summed E-state index contributed by atoms with van der Waals surface area (Å²) in [4.78, 5) is 54.9. The number of carbonyl (C=O) groups excluding carboxylic acids is 4. The first kappa shape index (κ1) is 25.1. The molecule has 3 unspecified atom stereocenters. The third-order valence-electron chi connectivity index (χ3n) is 4.65. The summed E-state index contributed by atoms with van der Waals surface area (Å²) in [6, 6.07) is -0.839. The van der Waals surface area contributed by atoms with Crippen molar-refractivity contribution < 1.29 is 33.2 Å². The molecule has 0 radical (unpaired) electrons. The Hall–Kier alpha value is -2.51. The fourth-order valence-corrected chi connectivity index (χ4v) is 5.34. The zero-order valence-electron chi connectivity index (χ0n) is 18.9. The van der Waals surface area contributed by atoms with Crippen LogP contribution in [0.1, 0.15) is 27.7 Å². The van der Waals surface area contributed by atoms with E-state index in [-0.39, 0.29) is 24.0 Å². The molecule has 3 rings (SSSR count). The van der Waals surface area contributed by atoms with Crippen LogP contribution >= 0.6 is 11.8 Å². The minimum absolute atomic E-state index is 0.0451. The molecule has 3 heterocycles. The first-order valence-electron chi connectivity index (χ1n) is 10.1. The molecule has 1 aromatic heterocycles. The molecule has 180 valence electrons. The van der Waals surface area contributed by atoms with Crippen LogP contribution in [-0.4, -0.2) is 78.4 Å². The normalized spacial score (nSPS) is 21.2. The molecule has 1 fully saturated rings. The number of amides is 2. The van der Waals surface area contributed by atoms with E-state index in [1.807, 2.05) is 0 Å². The molecule has 2 aliphatic rings. The van der Waals surface area contributed by atoms with E-state index in [1.165, 1.54) is 46.8 Å². The molecule has 11 nitrogen and oxygen atoms in total. The molecule has 2 aliphatic heterocycles. The number of nitrogens with zero attached hydrogens (tertiary/aromatic N) is 3. The third-order valence-corrected chi connectivity index (χ3v) is 6.85. The maximum absolute atomic E-state index is 13.0. The Bertz CT molecular complexity index is 999. The molecule has 0 aromatic carbocycles. The van der Waals surface area contributed by atoms with Gasteiger partial charge in [-0.15, -0.1) is 11.8 Å². The quantitative estimate of drug-likeness (QED) is 0.316. The lowest BCUT2D eigenvalue weighted by Gasteiger charge is -2.49. The predicted molar refractivity (Wildman–Crippen MR) is 119 cm³/mol. The molecule has 33 heavy (non-hydrogen) atoms. The van der Waals surface area contributed by atoms with Crippen molar-refractivity contribution in [2.75, 3.05) is 18.6 Å². The Morgan fingerprint density at radius 1 is 1.36 bits per heavy atom. The van der Waals surface area contributed by atoms with Crippen LogP contribution in [0.5, 0.6) is 0 Å². The number of thioether (sulfide) groups is 1. The van der Waals surface area contributed by atoms with Crippen molar-refractivity contribution in [2.45, 2.75) is 56.4 Å². The molecule has 1 aromatic rings. The van der Waals surface area contributed by atoms with Gasteiger partial charge >= 0.3 is 17.1 Å². The number of β-lactam (4-membered cyclic amide) rings is 1. The molecule has 0 aliphatic carbocycles. The second-order valence-corrected chi connectivity index (χ2v) is 10.9. The Morgan fingerprint density at radius 2 is 2.06 bits per heavy atom. The van der Waals surface area contributed by atoms with E-state index in [2.05, 4.69) is 10.3 Å². The van der Waals surface area contributed by atoms with Crippen LogP contribution in [0.2, 0.25) is 0 Å². The maximum Gasteiger partial charge on any atom is 0.355 e. The zero-order chi connectivity index (χ0) is 24.5. The lowest BCUT2D eigenvalue weighted by atomic mass is 10.0. The number of imidazole rings is 1.